The Bertz CT molecular complexity index is 923. The summed E-state index contributed by atoms with van der Waals surface area (Å²) in [6.45, 7) is 4.33. The molecule has 0 aromatic heterocycles. The van der Waals surface area contributed by atoms with Crippen LogP contribution in [0, 0.1) is 5.92 Å². The van der Waals surface area contributed by atoms with Crippen molar-refractivity contribution in [3.8, 4) is 5.75 Å². The highest BCUT2D eigenvalue weighted by Crippen LogP contribution is 2.26. The molecule has 32 heavy (non-hydrogen) atoms. The predicted molar refractivity (Wildman–Crippen MR) is 117 cm³/mol. The van der Waals surface area contributed by atoms with Gasteiger partial charge in [-0.05, 0) is 37.0 Å². The molecule has 0 spiro atoms. The van der Waals surface area contributed by atoms with Crippen LogP contribution in [-0.4, -0.2) is 64.0 Å². The molecule has 10 nitrogen and oxygen atoms in total. The monoisotopic (exact) mass is 469 g/mol. The molecule has 2 N–H and O–H groups in total. The Hall–Kier alpha value is -2.66. The Morgan fingerprint density at radius 3 is 2.34 bits per heavy atom. The number of rotatable bonds is 8. The lowest BCUT2D eigenvalue weighted by Crippen LogP contribution is -2.42. The van der Waals surface area contributed by atoms with Crippen LogP contribution in [0.3, 0.4) is 0 Å². The van der Waals surface area contributed by atoms with E-state index in [0.717, 1.165) is 25.7 Å². The van der Waals surface area contributed by atoms with Gasteiger partial charge in [0.25, 0.3) is 5.91 Å². The van der Waals surface area contributed by atoms with Crippen molar-refractivity contribution in [2.24, 2.45) is 5.92 Å². The maximum Gasteiger partial charge on any atom is 0.342 e. The van der Waals surface area contributed by atoms with E-state index in [1.165, 1.54) is 29.6 Å². The number of sulfonamides is 1. The van der Waals surface area contributed by atoms with Crippen LogP contribution >= 0.6 is 0 Å². The molecular weight excluding hydrogens is 438 g/mol. The number of methoxy groups -OCH3 is 1. The average molecular weight is 470 g/mol. The lowest BCUT2D eigenvalue weighted by Gasteiger charge is -2.20. The highest BCUT2D eigenvalue weighted by Gasteiger charge is 2.27. The summed E-state index contributed by atoms with van der Waals surface area (Å²) in [5, 5.41) is 4.56. The Morgan fingerprint density at radius 1 is 1.09 bits per heavy atom. The summed E-state index contributed by atoms with van der Waals surface area (Å²) in [6, 6.07) is 3.25. The Morgan fingerprint density at radius 2 is 1.75 bits per heavy atom. The van der Waals surface area contributed by atoms with E-state index in [4.69, 9.17) is 9.47 Å². The number of ether oxygens (including phenoxy) is 2. The highest BCUT2D eigenvalue weighted by molar-refractivity contribution is 7.89. The van der Waals surface area contributed by atoms with Gasteiger partial charge in [-0.3, -0.25) is 10.1 Å². The number of nitrogens with zero attached hydrogens (tertiary/aromatic N) is 1. The number of amides is 3. The summed E-state index contributed by atoms with van der Waals surface area (Å²) in [5.41, 5.74) is -0.125. The molecule has 0 saturated carbocycles. The summed E-state index contributed by atoms with van der Waals surface area (Å²) in [5.74, 6) is -1.43. The van der Waals surface area contributed by atoms with Crippen LogP contribution in [0.4, 0.5) is 4.79 Å². The van der Waals surface area contributed by atoms with E-state index in [0.29, 0.717) is 19.6 Å². The third-order valence-electron chi connectivity index (χ3n) is 4.85. The molecule has 1 aliphatic rings. The maximum absolute atomic E-state index is 13.0. The molecule has 11 heteroatoms. The molecule has 1 aromatic carbocycles. The van der Waals surface area contributed by atoms with Crippen LogP contribution in [0.2, 0.25) is 0 Å². The summed E-state index contributed by atoms with van der Waals surface area (Å²) < 4.78 is 37.6. The number of esters is 1. The fourth-order valence-corrected chi connectivity index (χ4v) is 4.69. The van der Waals surface area contributed by atoms with Gasteiger partial charge in [-0.2, -0.15) is 4.31 Å². The van der Waals surface area contributed by atoms with Gasteiger partial charge in [-0.1, -0.05) is 26.7 Å². The number of carbonyl (C=O) groups excluding carboxylic acids is 3. The minimum absolute atomic E-state index is 0.0512. The van der Waals surface area contributed by atoms with Gasteiger partial charge in [0.2, 0.25) is 10.0 Å². The van der Waals surface area contributed by atoms with Crippen molar-refractivity contribution in [2.45, 2.75) is 44.4 Å². The van der Waals surface area contributed by atoms with Gasteiger partial charge < -0.3 is 14.8 Å². The first-order chi connectivity index (χ1) is 15.1. The number of hydrogen-bond donors (Lipinski definition) is 2. The molecular formula is C21H31N3O7S. The number of carbonyl (C=O) groups is 3. The molecule has 0 bridgehead atoms. The van der Waals surface area contributed by atoms with Crippen LogP contribution in [0.25, 0.3) is 0 Å². The third kappa shape index (κ3) is 7.20. The second-order valence-electron chi connectivity index (χ2n) is 7.91. The largest absolute Gasteiger partial charge is 0.496 e. The van der Waals surface area contributed by atoms with E-state index in [-0.39, 0.29) is 22.1 Å². The zero-order chi connectivity index (χ0) is 23.7. The van der Waals surface area contributed by atoms with Gasteiger partial charge in [0.1, 0.15) is 11.3 Å². The zero-order valence-electron chi connectivity index (χ0n) is 18.7. The Balaban J connectivity index is 2.08. The Labute approximate surface area is 188 Å². The minimum atomic E-state index is -3.79. The smallest absolute Gasteiger partial charge is 0.342 e. The molecule has 3 amide bonds. The van der Waals surface area contributed by atoms with Gasteiger partial charge >= 0.3 is 12.0 Å². The summed E-state index contributed by atoms with van der Waals surface area (Å²) in [6.07, 6.45) is 3.52. The molecule has 1 heterocycles. The third-order valence-corrected chi connectivity index (χ3v) is 6.75. The molecule has 0 radical (unpaired) electrons. The number of imide groups is 1. The SMILES string of the molecule is COc1ccc(S(=O)(=O)N2CCCCCC2)cc1C(=O)OCC(=O)NC(=O)NCC(C)C. The van der Waals surface area contributed by atoms with Crippen molar-refractivity contribution in [1.29, 1.82) is 0 Å². The van der Waals surface area contributed by atoms with Crippen LogP contribution in [0.15, 0.2) is 23.1 Å². The standard InChI is InChI=1S/C21H31N3O7S/c1-15(2)13-22-21(27)23-19(25)14-31-20(26)17-12-16(8-9-18(17)30-3)32(28,29)24-10-6-4-5-7-11-24/h8-9,12,15H,4-7,10-11,13-14H2,1-3H3,(H2,22,23,25,27). The molecule has 1 fully saturated rings. The summed E-state index contributed by atoms with van der Waals surface area (Å²) in [7, 11) is -2.46. The van der Waals surface area contributed by atoms with Crippen LogP contribution in [0.5, 0.6) is 5.75 Å². The normalized spacial score (nSPS) is 15.0. The molecule has 1 saturated heterocycles. The van der Waals surface area contributed by atoms with E-state index in [2.05, 4.69) is 10.6 Å². The molecule has 0 atom stereocenters. The first-order valence-electron chi connectivity index (χ1n) is 10.6. The lowest BCUT2D eigenvalue weighted by molar-refractivity contribution is -0.123. The number of urea groups is 1. The fourth-order valence-electron chi connectivity index (χ4n) is 3.15. The molecule has 0 aliphatic carbocycles. The van der Waals surface area contributed by atoms with Gasteiger partial charge in [0.15, 0.2) is 6.61 Å². The van der Waals surface area contributed by atoms with E-state index < -0.39 is 34.5 Å². The number of nitrogens with one attached hydrogen (secondary N) is 2. The molecule has 1 aliphatic heterocycles. The lowest BCUT2D eigenvalue weighted by atomic mass is 10.2. The van der Waals surface area contributed by atoms with Crippen molar-refractivity contribution in [3.63, 3.8) is 0 Å². The predicted octanol–water partition coefficient (Wildman–Crippen LogP) is 1.90. The van der Waals surface area contributed by atoms with Crippen molar-refractivity contribution >= 4 is 27.9 Å². The van der Waals surface area contributed by atoms with Gasteiger partial charge in [0.05, 0.1) is 12.0 Å². The number of hydrogen-bond acceptors (Lipinski definition) is 7. The van der Waals surface area contributed by atoms with Crippen LogP contribution < -0.4 is 15.4 Å². The fraction of sp³-hybridized carbons (Fsp3) is 0.571. The van der Waals surface area contributed by atoms with Gasteiger partial charge in [0, 0.05) is 19.6 Å². The van der Waals surface area contributed by atoms with E-state index in [1.54, 1.807) is 0 Å². The first kappa shape index (κ1) is 25.6. The van der Waals surface area contributed by atoms with E-state index in [9.17, 15) is 22.8 Å². The van der Waals surface area contributed by atoms with Crippen LogP contribution in [0.1, 0.15) is 49.9 Å². The topological polar surface area (TPSA) is 131 Å². The van der Waals surface area contributed by atoms with Crippen molar-refractivity contribution in [1.82, 2.24) is 14.9 Å². The van der Waals surface area contributed by atoms with Crippen LogP contribution in [-0.2, 0) is 19.6 Å². The Kier molecular flexibility index (Phi) is 9.45. The molecule has 1 aromatic rings. The minimum Gasteiger partial charge on any atom is -0.496 e. The average Bonchev–Trinajstić information content (AvgIpc) is 3.05. The summed E-state index contributed by atoms with van der Waals surface area (Å²) in [4.78, 5) is 36.0. The molecule has 2 rings (SSSR count). The number of benzene rings is 1. The van der Waals surface area contributed by atoms with Crippen molar-refractivity contribution in [3.05, 3.63) is 23.8 Å². The molecule has 0 unspecified atom stereocenters. The van der Waals surface area contributed by atoms with Crippen molar-refractivity contribution < 1.29 is 32.3 Å². The van der Waals surface area contributed by atoms with Crippen molar-refractivity contribution in [2.75, 3.05) is 33.4 Å². The summed E-state index contributed by atoms with van der Waals surface area (Å²) >= 11 is 0. The second kappa shape index (κ2) is 11.8. The first-order valence-corrected chi connectivity index (χ1v) is 12.0. The van der Waals surface area contributed by atoms with E-state index in [1.807, 2.05) is 13.8 Å². The zero-order valence-corrected chi connectivity index (χ0v) is 19.5. The second-order valence-corrected chi connectivity index (χ2v) is 9.85. The highest BCUT2D eigenvalue weighted by atomic mass is 32.2. The maximum atomic E-state index is 13.0. The van der Waals surface area contributed by atoms with Gasteiger partial charge in [-0.25, -0.2) is 18.0 Å². The quantitative estimate of drug-likeness (QED) is 0.556. The molecule has 178 valence electrons. The van der Waals surface area contributed by atoms with Gasteiger partial charge in [-0.15, -0.1) is 0 Å². The van der Waals surface area contributed by atoms with E-state index >= 15 is 0 Å².